The van der Waals surface area contributed by atoms with Gasteiger partial charge in [0.2, 0.25) is 5.91 Å². The zero-order chi connectivity index (χ0) is 14.6. The van der Waals surface area contributed by atoms with Crippen molar-refractivity contribution in [3.05, 3.63) is 35.4 Å². The summed E-state index contributed by atoms with van der Waals surface area (Å²) in [4.78, 5) is 13.3. The minimum Gasteiger partial charge on any atom is -0.340 e. The number of carbonyl (C=O) groups is 1. The van der Waals surface area contributed by atoms with Gasteiger partial charge in [0.05, 0.1) is 10.8 Å². The SMILES string of the molecule is CSC(C)C(=O)N(C)Cc1cccc(C(F)(F)F)c1. The third-order valence-corrected chi connectivity index (χ3v) is 3.66. The number of carbonyl (C=O) groups excluding carboxylic acids is 1. The molecule has 6 heteroatoms. The molecule has 0 N–H and O–H groups in total. The fraction of sp³-hybridized carbons (Fsp3) is 0.462. The van der Waals surface area contributed by atoms with E-state index in [2.05, 4.69) is 0 Å². The van der Waals surface area contributed by atoms with E-state index in [1.54, 1.807) is 20.0 Å². The van der Waals surface area contributed by atoms with E-state index in [1.165, 1.54) is 22.7 Å². The van der Waals surface area contributed by atoms with Gasteiger partial charge in [0.25, 0.3) is 0 Å². The molecule has 1 unspecified atom stereocenters. The molecule has 0 saturated heterocycles. The van der Waals surface area contributed by atoms with Crippen LogP contribution in [-0.2, 0) is 17.5 Å². The number of halogens is 3. The minimum absolute atomic E-state index is 0.0927. The number of nitrogens with zero attached hydrogens (tertiary/aromatic N) is 1. The molecule has 0 bridgehead atoms. The summed E-state index contributed by atoms with van der Waals surface area (Å²) < 4.78 is 37.7. The number of hydrogen-bond acceptors (Lipinski definition) is 2. The van der Waals surface area contributed by atoms with Crippen LogP contribution >= 0.6 is 11.8 Å². The van der Waals surface area contributed by atoms with Gasteiger partial charge in [0, 0.05) is 13.6 Å². The topological polar surface area (TPSA) is 20.3 Å². The van der Waals surface area contributed by atoms with Crippen LogP contribution in [0.3, 0.4) is 0 Å². The second-order valence-corrected chi connectivity index (χ2v) is 5.45. The van der Waals surface area contributed by atoms with Gasteiger partial charge in [0.15, 0.2) is 0 Å². The summed E-state index contributed by atoms with van der Waals surface area (Å²) in [6.45, 7) is 1.95. The van der Waals surface area contributed by atoms with Crippen molar-refractivity contribution in [1.29, 1.82) is 0 Å². The predicted molar refractivity (Wildman–Crippen MR) is 70.9 cm³/mol. The molecule has 0 aromatic heterocycles. The lowest BCUT2D eigenvalue weighted by atomic mass is 10.1. The number of amides is 1. The van der Waals surface area contributed by atoms with Gasteiger partial charge in [-0.25, -0.2) is 0 Å². The Kier molecular flexibility index (Phi) is 5.29. The van der Waals surface area contributed by atoms with Crippen molar-refractivity contribution in [2.75, 3.05) is 13.3 Å². The standard InChI is InChI=1S/C13H16F3NOS/c1-9(19-3)12(18)17(2)8-10-5-4-6-11(7-10)13(14,15)16/h4-7,9H,8H2,1-3H3. The van der Waals surface area contributed by atoms with Gasteiger partial charge in [0.1, 0.15) is 0 Å². The van der Waals surface area contributed by atoms with E-state index in [0.717, 1.165) is 12.1 Å². The van der Waals surface area contributed by atoms with E-state index in [4.69, 9.17) is 0 Å². The van der Waals surface area contributed by atoms with E-state index < -0.39 is 11.7 Å². The Hall–Kier alpha value is -1.17. The highest BCUT2D eigenvalue weighted by atomic mass is 32.2. The van der Waals surface area contributed by atoms with Crippen LogP contribution in [0.1, 0.15) is 18.1 Å². The Balaban J connectivity index is 2.80. The lowest BCUT2D eigenvalue weighted by molar-refractivity contribution is -0.137. The molecule has 0 heterocycles. The third-order valence-electron chi connectivity index (χ3n) is 2.75. The lowest BCUT2D eigenvalue weighted by Gasteiger charge is -2.21. The molecule has 0 fully saturated rings. The average molecular weight is 291 g/mol. The highest BCUT2D eigenvalue weighted by molar-refractivity contribution is 7.99. The highest BCUT2D eigenvalue weighted by Crippen LogP contribution is 2.29. The Morgan fingerprint density at radius 2 is 2.05 bits per heavy atom. The monoisotopic (exact) mass is 291 g/mol. The van der Waals surface area contributed by atoms with Gasteiger partial charge < -0.3 is 4.90 Å². The fourth-order valence-corrected chi connectivity index (χ4v) is 1.99. The van der Waals surface area contributed by atoms with Crippen LogP contribution in [0.15, 0.2) is 24.3 Å². The molecule has 0 spiro atoms. The molecule has 1 aromatic carbocycles. The molecule has 1 amide bonds. The Bertz CT molecular complexity index is 448. The van der Waals surface area contributed by atoms with Gasteiger partial charge in [-0.05, 0) is 30.9 Å². The first-order valence-electron chi connectivity index (χ1n) is 5.69. The molecule has 0 radical (unpaired) electrons. The van der Waals surface area contributed by atoms with Crippen LogP contribution in [0.5, 0.6) is 0 Å². The van der Waals surface area contributed by atoms with Crippen LogP contribution in [0.25, 0.3) is 0 Å². The third kappa shape index (κ3) is 4.45. The second-order valence-electron chi connectivity index (χ2n) is 4.27. The Labute approximate surface area is 115 Å². The molecule has 1 atom stereocenters. The van der Waals surface area contributed by atoms with E-state index in [-0.39, 0.29) is 17.7 Å². The molecular formula is C13H16F3NOS. The molecule has 0 saturated carbocycles. The fourth-order valence-electron chi connectivity index (χ4n) is 1.61. The molecular weight excluding hydrogens is 275 g/mol. The van der Waals surface area contributed by atoms with E-state index in [1.807, 2.05) is 6.26 Å². The van der Waals surface area contributed by atoms with Gasteiger partial charge in [-0.2, -0.15) is 24.9 Å². The quantitative estimate of drug-likeness (QED) is 0.847. The summed E-state index contributed by atoms with van der Waals surface area (Å²) in [5.74, 6) is -0.0927. The van der Waals surface area contributed by atoms with Crippen molar-refractivity contribution in [2.45, 2.75) is 24.9 Å². The largest absolute Gasteiger partial charge is 0.416 e. The van der Waals surface area contributed by atoms with Crippen LogP contribution in [0.4, 0.5) is 13.2 Å². The molecule has 0 aliphatic carbocycles. The lowest BCUT2D eigenvalue weighted by Crippen LogP contribution is -2.32. The van der Waals surface area contributed by atoms with Gasteiger partial charge in [-0.1, -0.05) is 12.1 Å². The predicted octanol–water partition coefficient (Wildman–Crippen LogP) is 3.42. The average Bonchev–Trinajstić information content (AvgIpc) is 2.36. The maximum absolute atomic E-state index is 12.6. The van der Waals surface area contributed by atoms with Crippen molar-refractivity contribution < 1.29 is 18.0 Å². The first-order chi connectivity index (χ1) is 8.75. The summed E-state index contributed by atoms with van der Waals surface area (Å²) in [6, 6.07) is 5.04. The zero-order valence-corrected chi connectivity index (χ0v) is 11.8. The first kappa shape index (κ1) is 15.9. The van der Waals surface area contributed by atoms with Crippen LogP contribution in [0.2, 0.25) is 0 Å². The highest BCUT2D eigenvalue weighted by Gasteiger charge is 2.30. The summed E-state index contributed by atoms with van der Waals surface area (Å²) in [7, 11) is 1.59. The van der Waals surface area contributed by atoms with Crippen LogP contribution in [-0.4, -0.2) is 29.4 Å². The number of alkyl halides is 3. The van der Waals surface area contributed by atoms with Crippen molar-refractivity contribution in [2.24, 2.45) is 0 Å². The molecule has 1 aromatic rings. The molecule has 0 aliphatic rings. The van der Waals surface area contributed by atoms with Crippen molar-refractivity contribution >= 4 is 17.7 Å². The number of hydrogen-bond donors (Lipinski definition) is 0. The molecule has 1 rings (SSSR count). The van der Waals surface area contributed by atoms with Gasteiger partial charge in [-0.15, -0.1) is 0 Å². The smallest absolute Gasteiger partial charge is 0.340 e. The van der Waals surface area contributed by atoms with E-state index in [9.17, 15) is 18.0 Å². The Morgan fingerprint density at radius 1 is 1.42 bits per heavy atom. The molecule has 0 aliphatic heterocycles. The zero-order valence-electron chi connectivity index (χ0n) is 11.0. The second kappa shape index (κ2) is 6.32. The van der Waals surface area contributed by atoms with Crippen LogP contribution in [0, 0.1) is 0 Å². The van der Waals surface area contributed by atoms with E-state index >= 15 is 0 Å². The number of benzene rings is 1. The molecule has 19 heavy (non-hydrogen) atoms. The maximum atomic E-state index is 12.6. The van der Waals surface area contributed by atoms with Gasteiger partial charge >= 0.3 is 6.18 Å². The summed E-state index contributed by atoms with van der Waals surface area (Å²) in [5.41, 5.74) is -0.220. The van der Waals surface area contributed by atoms with E-state index in [0.29, 0.717) is 5.56 Å². The summed E-state index contributed by atoms with van der Waals surface area (Å²) >= 11 is 1.41. The Morgan fingerprint density at radius 3 is 2.58 bits per heavy atom. The maximum Gasteiger partial charge on any atom is 0.416 e. The van der Waals surface area contributed by atoms with Crippen molar-refractivity contribution in [1.82, 2.24) is 4.90 Å². The number of thioether (sulfide) groups is 1. The summed E-state index contributed by atoms with van der Waals surface area (Å²) in [6.07, 6.45) is -2.54. The van der Waals surface area contributed by atoms with Crippen molar-refractivity contribution in [3.8, 4) is 0 Å². The first-order valence-corrected chi connectivity index (χ1v) is 6.98. The molecule has 2 nitrogen and oxygen atoms in total. The normalized spacial score (nSPS) is 13.2. The van der Waals surface area contributed by atoms with Crippen LogP contribution < -0.4 is 0 Å². The minimum atomic E-state index is -4.36. The molecule has 106 valence electrons. The number of rotatable bonds is 4. The van der Waals surface area contributed by atoms with Gasteiger partial charge in [-0.3, -0.25) is 4.79 Å². The summed E-state index contributed by atoms with van der Waals surface area (Å²) in [5, 5.41) is -0.198. The van der Waals surface area contributed by atoms with Crippen molar-refractivity contribution in [3.63, 3.8) is 0 Å².